The smallest absolute Gasteiger partial charge is 0.242 e. The lowest BCUT2D eigenvalue weighted by molar-refractivity contribution is -0.147. The van der Waals surface area contributed by atoms with Crippen LogP contribution in [0.5, 0.6) is 0 Å². The highest BCUT2D eigenvalue weighted by atomic mass is 32.1. The molecule has 6 heteroatoms. The molecule has 1 aromatic rings. The first-order valence-corrected chi connectivity index (χ1v) is 7.96. The summed E-state index contributed by atoms with van der Waals surface area (Å²) in [6, 6.07) is 0. The van der Waals surface area contributed by atoms with E-state index < -0.39 is 5.54 Å². The lowest BCUT2D eigenvalue weighted by atomic mass is 9.98. The molecule has 1 fully saturated rings. The van der Waals surface area contributed by atoms with Crippen LogP contribution in [0.25, 0.3) is 0 Å². The highest BCUT2D eigenvalue weighted by Crippen LogP contribution is 2.27. The topological polar surface area (TPSA) is 48.5 Å². The van der Waals surface area contributed by atoms with Gasteiger partial charge in [0, 0.05) is 44.3 Å². The molecule has 1 aliphatic rings. The van der Waals surface area contributed by atoms with E-state index in [1.54, 1.807) is 11.3 Å². The molecular formula is C14H24N4OS. The fourth-order valence-electron chi connectivity index (χ4n) is 2.41. The van der Waals surface area contributed by atoms with E-state index in [9.17, 15) is 4.79 Å². The summed E-state index contributed by atoms with van der Waals surface area (Å²) in [5.74, 6) is 0.192. The molecule has 2 heterocycles. The number of anilines is 1. The number of rotatable bonds is 5. The minimum absolute atomic E-state index is 0.192. The van der Waals surface area contributed by atoms with Crippen LogP contribution in [0.1, 0.15) is 32.1 Å². The first kappa shape index (κ1) is 15.3. The number of piperazine rings is 1. The maximum Gasteiger partial charge on any atom is 0.242 e. The second-order valence-electron chi connectivity index (χ2n) is 5.77. The molecule has 0 aliphatic carbocycles. The SMILES string of the molecule is CCCNc1ncc(CN2CCN(C)C(=O)C2(C)C)s1. The van der Waals surface area contributed by atoms with Crippen LogP contribution in [0.2, 0.25) is 0 Å². The number of likely N-dealkylation sites (N-methyl/N-ethyl adjacent to an activating group) is 1. The number of amides is 1. The molecule has 1 aromatic heterocycles. The van der Waals surface area contributed by atoms with Crippen molar-refractivity contribution in [1.82, 2.24) is 14.8 Å². The minimum atomic E-state index is -0.437. The lowest BCUT2D eigenvalue weighted by Crippen LogP contribution is -2.61. The van der Waals surface area contributed by atoms with Crippen LogP contribution in [-0.2, 0) is 11.3 Å². The Morgan fingerprint density at radius 3 is 2.90 bits per heavy atom. The Labute approximate surface area is 125 Å². The third-order valence-electron chi connectivity index (χ3n) is 3.79. The summed E-state index contributed by atoms with van der Waals surface area (Å²) in [6.45, 7) is 9.58. The fraction of sp³-hybridized carbons (Fsp3) is 0.714. The average Bonchev–Trinajstić information content (AvgIpc) is 2.85. The van der Waals surface area contributed by atoms with Gasteiger partial charge in [0.15, 0.2) is 5.13 Å². The van der Waals surface area contributed by atoms with Crippen LogP contribution in [-0.4, -0.2) is 52.9 Å². The van der Waals surface area contributed by atoms with E-state index in [1.165, 1.54) is 4.88 Å². The minimum Gasteiger partial charge on any atom is -0.362 e. The molecule has 1 amide bonds. The Kier molecular flexibility index (Phi) is 4.65. The van der Waals surface area contributed by atoms with E-state index in [0.29, 0.717) is 0 Å². The van der Waals surface area contributed by atoms with Gasteiger partial charge in [0.2, 0.25) is 5.91 Å². The molecule has 0 unspecified atom stereocenters. The highest BCUT2D eigenvalue weighted by molar-refractivity contribution is 7.15. The van der Waals surface area contributed by atoms with E-state index in [-0.39, 0.29) is 5.91 Å². The van der Waals surface area contributed by atoms with Crippen molar-refractivity contribution in [2.75, 3.05) is 32.0 Å². The molecule has 1 N–H and O–H groups in total. The van der Waals surface area contributed by atoms with Crippen molar-refractivity contribution >= 4 is 22.4 Å². The van der Waals surface area contributed by atoms with E-state index in [1.807, 2.05) is 32.0 Å². The number of carbonyl (C=O) groups excluding carboxylic acids is 1. The monoisotopic (exact) mass is 296 g/mol. The number of thiazole rings is 1. The van der Waals surface area contributed by atoms with Crippen LogP contribution in [0.4, 0.5) is 5.13 Å². The standard InChI is InChI=1S/C14H24N4OS/c1-5-6-15-13-16-9-11(20-13)10-18-8-7-17(4)12(19)14(18,2)3/h9H,5-8,10H2,1-4H3,(H,15,16). The van der Waals surface area contributed by atoms with Gasteiger partial charge in [0.1, 0.15) is 0 Å². The Morgan fingerprint density at radius 1 is 1.45 bits per heavy atom. The van der Waals surface area contributed by atoms with Gasteiger partial charge in [-0.3, -0.25) is 9.69 Å². The van der Waals surface area contributed by atoms with Crippen LogP contribution >= 0.6 is 11.3 Å². The van der Waals surface area contributed by atoms with Gasteiger partial charge in [0.05, 0.1) is 5.54 Å². The van der Waals surface area contributed by atoms with E-state index in [4.69, 9.17) is 0 Å². The third kappa shape index (κ3) is 3.12. The zero-order chi connectivity index (χ0) is 14.8. The normalized spacial score (nSPS) is 19.4. The Morgan fingerprint density at radius 2 is 2.20 bits per heavy atom. The molecule has 5 nitrogen and oxygen atoms in total. The predicted octanol–water partition coefficient (Wildman–Crippen LogP) is 2.02. The average molecular weight is 296 g/mol. The van der Waals surface area contributed by atoms with Gasteiger partial charge in [-0.2, -0.15) is 0 Å². The molecule has 0 aromatic carbocycles. The number of nitrogens with zero attached hydrogens (tertiary/aromatic N) is 3. The molecule has 20 heavy (non-hydrogen) atoms. The first-order valence-electron chi connectivity index (χ1n) is 7.14. The molecular weight excluding hydrogens is 272 g/mol. The first-order chi connectivity index (χ1) is 9.45. The maximum atomic E-state index is 12.3. The summed E-state index contributed by atoms with van der Waals surface area (Å²) in [5, 5.41) is 4.27. The van der Waals surface area contributed by atoms with E-state index in [2.05, 4.69) is 22.1 Å². The van der Waals surface area contributed by atoms with Gasteiger partial charge in [-0.25, -0.2) is 4.98 Å². The van der Waals surface area contributed by atoms with Gasteiger partial charge >= 0.3 is 0 Å². The van der Waals surface area contributed by atoms with Gasteiger partial charge in [-0.15, -0.1) is 11.3 Å². The van der Waals surface area contributed by atoms with Crippen LogP contribution in [0.3, 0.4) is 0 Å². The molecule has 0 saturated carbocycles. The molecule has 1 saturated heterocycles. The van der Waals surface area contributed by atoms with Crippen LogP contribution < -0.4 is 5.32 Å². The second-order valence-corrected chi connectivity index (χ2v) is 6.88. The summed E-state index contributed by atoms with van der Waals surface area (Å²) < 4.78 is 0. The van der Waals surface area contributed by atoms with Crippen molar-refractivity contribution in [3.8, 4) is 0 Å². The molecule has 0 atom stereocenters. The summed E-state index contributed by atoms with van der Waals surface area (Å²) in [7, 11) is 1.88. The van der Waals surface area contributed by atoms with Gasteiger partial charge in [-0.05, 0) is 20.3 Å². The Bertz CT molecular complexity index is 471. The highest BCUT2D eigenvalue weighted by Gasteiger charge is 2.40. The Balaban J connectivity index is 2.02. The zero-order valence-corrected chi connectivity index (χ0v) is 13.6. The van der Waals surface area contributed by atoms with Gasteiger partial charge in [-0.1, -0.05) is 6.92 Å². The van der Waals surface area contributed by atoms with Crippen molar-refractivity contribution < 1.29 is 4.79 Å². The van der Waals surface area contributed by atoms with Crippen molar-refractivity contribution in [3.63, 3.8) is 0 Å². The molecule has 0 radical (unpaired) electrons. The fourth-order valence-corrected chi connectivity index (χ4v) is 3.27. The molecule has 0 spiro atoms. The van der Waals surface area contributed by atoms with E-state index >= 15 is 0 Å². The van der Waals surface area contributed by atoms with Gasteiger partial charge < -0.3 is 10.2 Å². The summed E-state index contributed by atoms with van der Waals surface area (Å²) in [6.07, 6.45) is 3.01. The summed E-state index contributed by atoms with van der Waals surface area (Å²) >= 11 is 1.68. The van der Waals surface area contributed by atoms with Gasteiger partial charge in [0.25, 0.3) is 0 Å². The molecule has 0 bridgehead atoms. The number of carbonyl (C=O) groups is 1. The Hall–Kier alpha value is -1.14. The van der Waals surface area contributed by atoms with Crippen LogP contribution in [0.15, 0.2) is 6.20 Å². The van der Waals surface area contributed by atoms with Crippen molar-refractivity contribution in [1.29, 1.82) is 0 Å². The lowest BCUT2D eigenvalue weighted by Gasteiger charge is -2.44. The van der Waals surface area contributed by atoms with E-state index in [0.717, 1.165) is 37.7 Å². The number of hydrogen-bond acceptors (Lipinski definition) is 5. The zero-order valence-electron chi connectivity index (χ0n) is 12.8. The molecule has 2 rings (SSSR count). The van der Waals surface area contributed by atoms with Crippen molar-refractivity contribution in [2.24, 2.45) is 0 Å². The van der Waals surface area contributed by atoms with Crippen molar-refractivity contribution in [3.05, 3.63) is 11.1 Å². The van der Waals surface area contributed by atoms with Crippen LogP contribution in [0, 0.1) is 0 Å². The summed E-state index contributed by atoms with van der Waals surface area (Å²) in [4.78, 5) is 21.9. The molecule has 1 aliphatic heterocycles. The molecule has 112 valence electrons. The number of aromatic nitrogens is 1. The summed E-state index contributed by atoms with van der Waals surface area (Å²) in [5.41, 5.74) is -0.437. The largest absolute Gasteiger partial charge is 0.362 e. The second kappa shape index (κ2) is 6.10. The number of hydrogen-bond donors (Lipinski definition) is 1. The third-order valence-corrected chi connectivity index (χ3v) is 4.73. The number of nitrogens with one attached hydrogen (secondary N) is 1. The quantitative estimate of drug-likeness (QED) is 0.903. The van der Waals surface area contributed by atoms with Crippen molar-refractivity contribution in [2.45, 2.75) is 39.3 Å². The predicted molar refractivity (Wildman–Crippen MR) is 83.0 cm³/mol. The maximum absolute atomic E-state index is 12.3.